The van der Waals surface area contributed by atoms with E-state index in [1.807, 2.05) is 48.5 Å². The first-order chi connectivity index (χ1) is 16.2. The maximum Gasteiger partial charge on any atom is 0.264 e. The van der Waals surface area contributed by atoms with Crippen LogP contribution in [0.1, 0.15) is 11.1 Å². The number of benzene rings is 4. The highest BCUT2D eigenvalue weighted by Gasteiger charge is 2.24. The van der Waals surface area contributed by atoms with Gasteiger partial charge in [0.15, 0.2) is 5.17 Å². The van der Waals surface area contributed by atoms with Gasteiger partial charge in [0.25, 0.3) is 5.91 Å². The number of fused-ring (bicyclic) bond motifs is 1. The van der Waals surface area contributed by atoms with Gasteiger partial charge < -0.3 is 10.1 Å². The van der Waals surface area contributed by atoms with Crippen LogP contribution in [-0.2, 0) is 11.4 Å². The fraction of sp³-hybridized carbons (Fsp3) is 0.0370. The summed E-state index contributed by atoms with van der Waals surface area (Å²) >= 11 is 7.23. The third kappa shape index (κ3) is 4.95. The zero-order valence-electron chi connectivity index (χ0n) is 17.5. The zero-order chi connectivity index (χ0) is 22.6. The fourth-order valence-corrected chi connectivity index (χ4v) is 4.52. The van der Waals surface area contributed by atoms with Crippen LogP contribution in [0.2, 0.25) is 5.02 Å². The van der Waals surface area contributed by atoms with E-state index >= 15 is 0 Å². The quantitative estimate of drug-likeness (QED) is 0.320. The molecule has 4 aromatic carbocycles. The van der Waals surface area contributed by atoms with Gasteiger partial charge in [-0.15, -0.1) is 0 Å². The molecular formula is C27H19ClN2O2S. The number of para-hydroxylation sites is 1. The van der Waals surface area contributed by atoms with Crippen LogP contribution in [0.3, 0.4) is 0 Å². The number of amides is 1. The topological polar surface area (TPSA) is 50.7 Å². The first kappa shape index (κ1) is 21.3. The summed E-state index contributed by atoms with van der Waals surface area (Å²) in [5.74, 6) is 0.533. The van der Waals surface area contributed by atoms with Crippen molar-refractivity contribution in [2.24, 2.45) is 4.99 Å². The minimum Gasteiger partial charge on any atom is -0.488 e. The van der Waals surface area contributed by atoms with Crippen LogP contribution in [0.4, 0.5) is 5.69 Å². The van der Waals surface area contributed by atoms with Gasteiger partial charge in [0.2, 0.25) is 0 Å². The highest BCUT2D eigenvalue weighted by atomic mass is 35.5. The Labute approximate surface area is 201 Å². The second-order valence-corrected chi connectivity index (χ2v) is 8.89. The molecule has 1 saturated heterocycles. The zero-order valence-corrected chi connectivity index (χ0v) is 19.1. The first-order valence-corrected chi connectivity index (χ1v) is 11.6. The molecule has 0 unspecified atom stereocenters. The van der Waals surface area contributed by atoms with E-state index in [0.29, 0.717) is 21.7 Å². The van der Waals surface area contributed by atoms with Crippen molar-refractivity contribution in [3.8, 4) is 5.75 Å². The molecule has 1 aliphatic rings. The number of halogens is 1. The molecule has 0 spiro atoms. The number of nitrogens with one attached hydrogen (secondary N) is 1. The van der Waals surface area contributed by atoms with Crippen LogP contribution in [-0.4, -0.2) is 11.1 Å². The van der Waals surface area contributed by atoms with Crippen molar-refractivity contribution >= 4 is 57.0 Å². The van der Waals surface area contributed by atoms with Gasteiger partial charge in [0, 0.05) is 10.6 Å². The molecule has 4 nitrogen and oxygen atoms in total. The van der Waals surface area contributed by atoms with Crippen molar-refractivity contribution in [3.63, 3.8) is 0 Å². The molecule has 6 heteroatoms. The van der Waals surface area contributed by atoms with E-state index in [1.54, 1.807) is 24.3 Å². The molecule has 162 valence electrons. The van der Waals surface area contributed by atoms with Crippen molar-refractivity contribution in [3.05, 3.63) is 112 Å². The minimum atomic E-state index is -0.184. The molecule has 0 bridgehead atoms. The number of carbonyl (C=O) groups is 1. The Kier molecular flexibility index (Phi) is 6.15. The molecule has 0 aromatic heterocycles. The lowest BCUT2D eigenvalue weighted by Crippen LogP contribution is -2.19. The summed E-state index contributed by atoms with van der Waals surface area (Å²) in [5, 5.41) is 6.34. The van der Waals surface area contributed by atoms with Gasteiger partial charge in [-0.05, 0) is 64.5 Å². The van der Waals surface area contributed by atoms with E-state index in [4.69, 9.17) is 16.3 Å². The second-order valence-electron chi connectivity index (χ2n) is 7.42. The molecule has 0 radical (unpaired) electrons. The van der Waals surface area contributed by atoms with Gasteiger partial charge in [-0.2, -0.15) is 0 Å². The lowest BCUT2D eigenvalue weighted by atomic mass is 10.1. The number of thioether (sulfide) groups is 1. The maximum atomic E-state index is 12.5. The number of nitrogens with zero attached hydrogens (tertiary/aromatic N) is 1. The Hall–Kier alpha value is -3.54. The van der Waals surface area contributed by atoms with Crippen molar-refractivity contribution < 1.29 is 9.53 Å². The average Bonchev–Trinajstić information content (AvgIpc) is 3.18. The Morgan fingerprint density at radius 1 is 0.909 bits per heavy atom. The van der Waals surface area contributed by atoms with E-state index in [2.05, 4.69) is 34.6 Å². The van der Waals surface area contributed by atoms with Crippen LogP contribution in [0.25, 0.3) is 16.8 Å². The first-order valence-electron chi connectivity index (χ1n) is 10.4. The van der Waals surface area contributed by atoms with Crippen LogP contribution in [0.5, 0.6) is 5.75 Å². The molecule has 0 aliphatic carbocycles. The van der Waals surface area contributed by atoms with Gasteiger partial charge in [-0.25, -0.2) is 4.99 Å². The van der Waals surface area contributed by atoms with Crippen LogP contribution < -0.4 is 10.1 Å². The summed E-state index contributed by atoms with van der Waals surface area (Å²) in [4.78, 5) is 17.6. The monoisotopic (exact) mass is 470 g/mol. The fourth-order valence-electron chi connectivity index (χ4n) is 3.56. The Morgan fingerprint density at radius 2 is 1.67 bits per heavy atom. The number of carbonyl (C=O) groups excluding carboxylic acids is 1. The predicted molar refractivity (Wildman–Crippen MR) is 137 cm³/mol. The Morgan fingerprint density at radius 3 is 2.55 bits per heavy atom. The molecular weight excluding hydrogens is 452 g/mol. The molecule has 5 rings (SSSR count). The molecule has 4 aromatic rings. The molecule has 1 amide bonds. The molecule has 1 fully saturated rings. The largest absolute Gasteiger partial charge is 0.488 e. The summed E-state index contributed by atoms with van der Waals surface area (Å²) in [6, 6.07) is 29.3. The summed E-state index contributed by atoms with van der Waals surface area (Å²) in [6.07, 6.45) is 1.84. The van der Waals surface area contributed by atoms with Gasteiger partial charge in [0.1, 0.15) is 12.4 Å². The molecule has 1 heterocycles. The lowest BCUT2D eigenvalue weighted by molar-refractivity contribution is -0.115. The highest BCUT2D eigenvalue weighted by molar-refractivity contribution is 8.18. The molecule has 0 atom stereocenters. The third-order valence-corrected chi connectivity index (χ3v) is 6.34. The molecule has 33 heavy (non-hydrogen) atoms. The van der Waals surface area contributed by atoms with Crippen molar-refractivity contribution in [1.82, 2.24) is 5.32 Å². The number of ether oxygens (including phenoxy) is 1. The van der Waals surface area contributed by atoms with Crippen molar-refractivity contribution in [1.29, 1.82) is 0 Å². The predicted octanol–water partition coefficient (Wildman–Crippen LogP) is 6.96. The van der Waals surface area contributed by atoms with Crippen LogP contribution in [0, 0.1) is 0 Å². The normalized spacial score (nSPS) is 15.8. The van der Waals surface area contributed by atoms with Gasteiger partial charge >= 0.3 is 0 Å². The van der Waals surface area contributed by atoms with Crippen LogP contribution in [0.15, 0.2) is 101 Å². The molecule has 1 aliphatic heterocycles. The van der Waals surface area contributed by atoms with Crippen molar-refractivity contribution in [2.75, 3.05) is 0 Å². The van der Waals surface area contributed by atoms with Crippen LogP contribution >= 0.6 is 23.4 Å². The minimum absolute atomic E-state index is 0.184. The number of rotatable bonds is 5. The summed E-state index contributed by atoms with van der Waals surface area (Å²) in [6.45, 7) is 0.435. The molecule has 1 N–H and O–H groups in total. The maximum absolute atomic E-state index is 12.5. The van der Waals surface area contributed by atoms with E-state index in [1.165, 1.54) is 22.5 Å². The number of hydrogen-bond donors (Lipinski definition) is 1. The number of hydrogen-bond acceptors (Lipinski definition) is 4. The van der Waals surface area contributed by atoms with E-state index in [-0.39, 0.29) is 5.91 Å². The summed E-state index contributed by atoms with van der Waals surface area (Å²) in [7, 11) is 0. The van der Waals surface area contributed by atoms with E-state index in [0.717, 1.165) is 22.6 Å². The number of aliphatic imine (C=N–C) groups is 1. The number of amidine groups is 1. The molecule has 0 saturated carbocycles. The van der Waals surface area contributed by atoms with E-state index in [9.17, 15) is 4.79 Å². The van der Waals surface area contributed by atoms with Gasteiger partial charge in [0.05, 0.1) is 10.6 Å². The third-order valence-electron chi connectivity index (χ3n) is 5.18. The Bertz CT molecular complexity index is 1390. The SMILES string of the molecule is O=C1NC(=Nc2ccc(Cl)cc2)S/C1=C/c1ccccc1OCc1cccc2ccccc12. The summed E-state index contributed by atoms with van der Waals surface area (Å²) in [5.41, 5.74) is 2.67. The van der Waals surface area contributed by atoms with Gasteiger partial charge in [-0.3, -0.25) is 4.79 Å². The second kappa shape index (κ2) is 9.53. The summed E-state index contributed by atoms with van der Waals surface area (Å²) < 4.78 is 6.18. The Balaban J connectivity index is 1.36. The standard InChI is InChI=1S/C27H19ClN2O2S/c28-21-12-14-22(15-13-21)29-27-30-26(31)25(33-27)16-19-7-2-4-11-24(19)32-17-20-9-5-8-18-6-1-3-10-23(18)20/h1-16H,17H2,(H,29,30,31)/b25-16+. The van der Waals surface area contributed by atoms with Gasteiger partial charge in [-0.1, -0.05) is 72.3 Å². The lowest BCUT2D eigenvalue weighted by Gasteiger charge is -2.11. The van der Waals surface area contributed by atoms with Crippen molar-refractivity contribution in [2.45, 2.75) is 6.61 Å². The average molecular weight is 471 g/mol. The van der Waals surface area contributed by atoms with E-state index < -0.39 is 0 Å². The smallest absolute Gasteiger partial charge is 0.264 e. The highest BCUT2D eigenvalue weighted by Crippen LogP contribution is 2.31.